The van der Waals surface area contributed by atoms with Gasteiger partial charge in [-0.2, -0.15) is 4.31 Å². The molecule has 1 saturated heterocycles. The summed E-state index contributed by atoms with van der Waals surface area (Å²) in [6, 6.07) is 20.1. The van der Waals surface area contributed by atoms with E-state index in [0.29, 0.717) is 43.6 Å². The Morgan fingerprint density at radius 2 is 1.74 bits per heavy atom. The Morgan fingerprint density at radius 3 is 2.40 bits per heavy atom. The van der Waals surface area contributed by atoms with Crippen LogP contribution in [0.1, 0.15) is 34.3 Å². The number of hydrogen-bond donors (Lipinski definition) is 2. The van der Waals surface area contributed by atoms with E-state index in [1.54, 1.807) is 6.92 Å². The molecular formula is C27H29FN2O4S. The quantitative estimate of drug-likeness (QED) is 0.508. The molecule has 2 N–H and O–H groups in total. The fourth-order valence-electron chi connectivity index (χ4n) is 4.49. The molecule has 0 radical (unpaired) electrons. The molecule has 8 heteroatoms. The molecule has 1 fully saturated rings. The molecule has 0 unspecified atom stereocenters. The molecule has 35 heavy (non-hydrogen) atoms. The minimum atomic E-state index is -3.81. The monoisotopic (exact) mass is 496 g/mol. The van der Waals surface area contributed by atoms with E-state index in [9.17, 15) is 22.7 Å². The van der Waals surface area contributed by atoms with Crippen LogP contribution in [-0.4, -0.2) is 43.4 Å². The zero-order valence-corrected chi connectivity index (χ0v) is 20.4. The number of nitrogens with one attached hydrogen (secondary N) is 1. The number of aryl methyl sites for hydroxylation is 1. The second-order valence-corrected chi connectivity index (χ2v) is 11.1. The lowest BCUT2D eigenvalue weighted by Crippen LogP contribution is -2.45. The Labute approximate surface area is 205 Å². The van der Waals surface area contributed by atoms with E-state index in [1.165, 1.54) is 46.8 Å². The largest absolute Gasteiger partial charge is 0.396 e. The molecule has 3 aromatic rings. The molecule has 0 bridgehead atoms. The Kier molecular flexibility index (Phi) is 7.35. The Hall–Kier alpha value is -3.07. The SMILES string of the molecule is Cc1cc(NC(=O)c2cccc(S(=O)(=O)N3CCC(CO)(Cc4ccccc4)CC3)c2)ccc1F. The second kappa shape index (κ2) is 10.3. The zero-order valence-electron chi connectivity index (χ0n) is 19.6. The molecule has 0 spiro atoms. The number of aliphatic hydroxyl groups is 1. The summed E-state index contributed by atoms with van der Waals surface area (Å²) < 4.78 is 41.6. The van der Waals surface area contributed by atoms with Crippen molar-refractivity contribution in [1.29, 1.82) is 0 Å². The number of amides is 1. The van der Waals surface area contributed by atoms with Crippen LogP contribution in [0.25, 0.3) is 0 Å². The van der Waals surface area contributed by atoms with Crippen molar-refractivity contribution in [3.63, 3.8) is 0 Å². The predicted molar refractivity (Wildman–Crippen MR) is 133 cm³/mol. The Bertz CT molecular complexity index is 1300. The first kappa shape index (κ1) is 25.0. The summed E-state index contributed by atoms with van der Waals surface area (Å²) in [6.07, 6.45) is 1.78. The number of nitrogens with zero attached hydrogens (tertiary/aromatic N) is 1. The average molecular weight is 497 g/mol. The summed E-state index contributed by atoms with van der Waals surface area (Å²) in [6.45, 7) is 2.18. The maximum Gasteiger partial charge on any atom is 0.255 e. The molecule has 3 aromatic carbocycles. The number of rotatable bonds is 7. The highest BCUT2D eigenvalue weighted by Gasteiger charge is 2.38. The van der Waals surface area contributed by atoms with Gasteiger partial charge in [0, 0.05) is 30.9 Å². The van der Waals surface area contributed by atoms with E-state index in [-0.39, 0.29) is 28.3 Å². The molecule has 0 atom stereocenters. The van der Waals surface area contributed by atoms with Crippen LogP contribution in [0.15, 0.2) is 77.7 Å². The summed E-state index contributed by atoms with van der Waals surface area (Å²) in [7, 11) is -3.81. The fourth-order valence-corrected chi connectivity index (χ4v) is 5.98. The lowest BCUT2D eigenvalue weighted by Gasteiger charge is -2.40. The van der Waals surface area contributed by atoms with E-state index in [2.05, 4.69) is 5.32 Å². The number of sulfonamides is 1. The van der Waals surface area contributed by atoms with Gasteiger partial charge in [0.1, 0.15) is 5.82 Å². The van der Waals surface area contributed by atoms with Gasteiger partial charge in [-0.25, -0.2) is 12.8 Å². The summed E-state index contributed by atoms with van der Waals surface area (Å²) >= 11 is 0. The molecule has 4 rings (SSSR count). The van der Waals surface area contributed by atoms with Gasteiger partial charge >= 0.3 is 0 Å². The molecule has 184 valence electrons. The van der Waals surface area contributed by atoms with E-state index < -0.39 is 15.9 Å². The van der Waals surface area contributed by atoms with Crippen LogP contribution in [-0.2, 0) is 16.4 Å². The normalized spacial score (nSPS) is 16.1. The fraction of sp³-hybridized carbons (Fsp3) is 0.296. The van der Waals surface area contributed by atoms with Crippen LogP contribution in [0.4, 0.5) is 10.1 Å². The van der Waals surface area contributed by atoms with Gasteiger partial charge in [0.2, 0.25) is 10.0 Å². The topological polar surface area (TPSA) is 86.7 Å². The van der Waals surface area contributed by atoms with Crippen molar-refractivity contribution < 1.29 is 22.7 Å². The van der Waals surface area contributed by atoms with Crippen LogP contribution < -0.4 is 5.32 Å². The standard InChI is InChI=1S/C27H29FN2O4S/c1-20-16-23(10-11-25(20)28)29-26(32)22-8-5-9-24(17-22)35(33,34)30-14-12-27(19-31,13-15-30)18-21-6-3-2-4-7-21/h2-11,16-17,31H,12-15,18-19H2,1H3,(H,29,32). The van der Waals surface area contributed by atoms with Crippen molar-refractivity contribution in [2.45, 2.75) is 31.1 Å². The number of carbonyl (C=O) groups is 1. The number of aliphatic hydroxyl groups excluding tert-OH is 1. The van der Waals surface area contributed by atoms with E-state index in [1.807, 2.05) is 30.3 Å². The van der Waals surface area contributed by atoms with Gasteiger partial charge in [0.25, 0.3) is 5.91 Å². The molecule has 1 aliphatic rings. The number of halogens is 1. The molecule has 1 amide bonds. The van der Waals surface area contributed by atoms with Gasteiger partial charge in [0.05, 0.1) is 4.90 Å². The summed E-state index contributed by atoms with van der Waals surface area (Å²) in [5, 5.41) is 12.8. The number of piperidine rings is 1. The third-order valence-corrected chi connectivity index (χ3v) is 8.58. The van der Waals surface area contributed by atoms with Crippen LogP contribution in [0.5, 0.6) is 0 Å². The first-order valence-electron chi connectivity index (χ1n) is 11.5. The van der Waals surface area contributed by atoms with Gasteiger partial charge in [-0.15, -0.1) is 0 Å². The summed E-state index contributed by atoms with van der Waals surface area (Å²) in [5.41, 5.74) is 1.78. The van der Waals surface area contributed by atoms with Crippen molar-refractivity contribution in [1.82, 2.24) is 4.31 Å². The van der Waals surface area contributed by atoms with Gasteiger partial charge in [-0.3, -0.25) is 4.79 Å². The number of carbonyl (C=O) groups excluding carboxylic acids is 1. The molecule has 6 nitrogen and oxygen atoms in total. The maximum absolute atomic E-state index is 13.5. The average Bonchev–Trinajstić information content (AvgIpc) is 2.87. The molecule has 0 saturated carbocycles. The van der Waals surface area contributed by atoms with Crippen LogP contribution >= 0.6 is 0 Å². The summed E-state index contributed by atoms with van der Waals surface area (Å²) in [5.74, 6) is -0.847. The van der Waals surface area contributed by atoms with Crippen LogP contribution in [0.3, 0.4) is 0 Å². The number of benzene rings is 3. The Morgan fingerprint density at radius 1 is 1.03 bits per heavy atom. The third kappa shape index (κ3) is 5.61. The first-order valence-corrected chi connectivity index (χ1v) is 13.0. The minimum Gasteiger partial charge on any atom is -0.396 e. The lowest BCUT2D eigenvalue weighted by molar-refractivity contribution is 0.0684. The smallest absolute Gasteiger partial charge is 0.255 e. The molecule has 1 heterocycles. The van der Waals surface area contributed by atoms with E-state index in [4.69, 9.17) is 0 Å². The van der Waals surface area contributed by atoms with Crippen LogP contribution in [0.2, 0.25) is 0 Å². The predicted octanol–water partition coefficient (Wildman–Crippen LogP) is 4.39. The summed E-state index contributed by atoms with van der Waals surface area (Å²) in [4.78, 5) is 12.8. The van der Waals surface area contributed by atoms with Crippen molar-refractivity contribution in [2.75, 3.05) is 25.0 Å². The minimum absolute atomic E-state index is 0.00566. The van der Waals surface area contributed by atoms with Crippen molar-refractivity contribution in [2.24, 2.45) is 5.41 Å². The zero-order chi connectivity index (χ0) is 25.1. The van der Waals surface area contributed by atoms with Crippen LogP contribution in [0, 0.1) is 18.2 Å². The molecular weight excluding hydrogens is 467 g/mol. The highest BCUT2D eigenvalue weighted by Crippen LogP contribution is 2.36. The van der Waals surface area contributed by atoms with Crippen molar-refractivity contribution in [3.05, 3.63) is 95.3 Å². The molecule has 0 aromatic heterocycles. The highest BCUT2D eigenvalue weighted by atomic mass is 32.2. The maximum atomic E-state index is 13.5. The van der Waals surface area contributed by atoms with Gasteiger partial charge in [0.15, 0.2) is 0 Å². The third-order valence-electron chi connectivity index (χ3n) is 6.69. The van der Waals surface area contributed by atoms with E-state index >= 15 is 0 Å². The second-order valence-electron chi connectivity index (χ2n) is 9.17. The highest BCUT2D eigenvalue weighted by molar-refractivity contribution is 7.89. The van der Waals surface area contributed by atoms with E-state index in [0.717, 1.165) is 5.56 Å². The molecule has 1 aliphatic heterocycles. The van der Waals surface area contributed by atoms with Crippen molar-refractivity contribution in [3.8, 4) is 0 Å². The molecule has 0 aliphatic carbocycles. The van der Waals surface area contributed by atoms with Gasteiger partial charge < -0.3 is 10.4 Å². The number of hydrogen-bond acceptors (Lipinski definition) is 4. The Balaban J connectivity index is 1.47. The van der Waals surface area contributed by atoms with Gasteiger partial charge in [-0.1, -0.05) is 36.4 Å². The lowest BCUT2D eigenvalue weighted by atomic mass is 9.75. The number of anilines is 1. The first-order chi connectivity index (χ1) is 16.7. The van der Waals surface area contributed by atoms with Gasteiger partial charge in [-0.05, 0) is 79.1 Å². The van der Waals surface area contributed by atoms with Crippen molar-refractivity contribution >= 4 is 21.6 Å².